The highest BCUT2D eigenvalue weighted by Crippen LogP contribution is 2.38. The van der Waals surface area contributed by atoms with Gasteiger partial charge in [0, 0.05) is 6.04 Å². The Morgan fingerprint density at radius 3 is 2.35 bits per heavy atom. The van der Waals surface area contributed by atoms with Gasteiger partial charge in [-0.25, -0.2) is 0 Å². The molecule has 0 aromatic carbocycles. The standard InChI is InChI=1S/C14H26N2O/c1-10(11-6-4-3-5-7-11)16-13(17)14(2,15)12-8-9-12/h10-12H,3-9,15H2,1-2H3,(H,16,17). The molecular weight excluding hydrogens is 212 g/mol. The van der Waals surface area contributed by atoms with Crippen molar-refractivity contribution in [3.05, 3.63) is 0 Å². The van der Waals surface area contributed by atoms with Crippen LogP contribution in [0.2, 0.25) is 0 Å². The lowest BCUT2D eigenvalue weighted by molar-refractivity contribution is -0.127. The van der Waals surface area contributed by atoms with E-state index in [9.17, 15) is 4.79 Å². The van der Waals surface area contributed by atoms with Crippen molar-refractivity contribution in [1.82, 2.24) is 5.32 Å². The molecule has 0 aromatic rings. The van der Waals surface area contributed by atoms with E-state index < -0.39 is 5.54 Å². The van der Waals surface area contributed by atoms with Crippen LogP contribution >= 0.6 is 0 Å². The fraction of sp³-hybridized carbons (Fsp3) is 0.929. The predicted octanol–water partition coefficient (Wildman–Crippen LogP) is 2.20. The Kier molecular flexibility index (Phi) is 3.76. The molecule has 3 heteroatoms. The van der Waals surface area contributed by atoms with Crippen LogP contribution in [0.25, 0.3) is 0 Å². The van der Waals surface area contributed by atoms with Crippen molar-refractivity contribution in [2.75, 3.05) is 0 Å². The quantitative estimate of drug-likeness (QED) is 0.789. The van der Waals surface area contributed by atoms with E-state index in [1.807, 2.05) is 6.92 Å². The van der Waals surface area contributed by atoms with Gasteiger partial charge in [-0.1, -0.05) is 19.3 Å². The number of carbonyl (C=O) groups is 1. The normalized spacial score (nSPS) is 27.2. The van der Waals surface area contributed by atoms with Gasteiger partial charge in [-0.2, -0.15) is 0 Å². The third-order valence-electron chi connectivity index (χ3n) is 4.63. The van der Waals surface area contributed by atoms with Gasteiger partial charge in [0.15, 0.2) is 0 Å². The molecule has 2 fully saturated rings. The summed E-state index contributed by atoms with van der Waals surface area (Å²) in [6.07, 6.45) is 8.71. The van der Waals surface area contributed by atoms with Crippen LogP contribution in [0, 0.1) is 11.8 Å². The second-order valence-corrected chi connectivity index (χ2v) is 6.22. The first-order chi connectivity index (χ1) is 8.01. The van der Waals surface area contributed by atoms with Crippen LogP contribution in [0.15, 0.2) is 0 Å². The van der Waals surface area contributed by atoms with Crippen molar-refractivity contribution in [3.63, 3.8) is 0 Å². The number of rotatable bonds is 4. The average molecular weight is 238 g/mol. The second kappa shape index (κ2) is 4.97. The topological polar surface area (TPSA) is 55.1 Å². The van der Waals surface area contributed by atoms with Crippen LogP contribution in [0.3, 0.4) is 0 Å². The summed E-state index contributed by atoms with van der Waals surface area (Å²) in [5.41, 5.74) is 5.48. The minimum atomic E-state index is -0.650. The van der Waals surface area contributed by atoms with E-state index in [1.165, 1.54) is 32.1 Å². The summed E-state index contributed by atoms with van der Waals surface area (Å²) >= 11 is 0. The lowest BCUT2D eigenvalue weighted by atomic mass is 9.84. The Labute approximate surface area is 105 Å². The molecule has 0 bridgehead atoms. The highest BCUT2D eigenvalue weighted by molar-refractivity contribution is 5.86. The molecule has 0 radical (unpaired) electrons. The molecule has 98 valence electrons. The van der Waals surface area contributed by atoms with Crippen molar-refractivity contribution in [1.29, 1.82) is 0 Å². The molecule has 0 aliphatic heterocycles. The first kappa shape index (κ1) is 12.9. The number of hydrogen-bond acceptors (Lipinski definition) is 2. The van der Waals surface area contributed by atoms with E-state index in [0.717, 1.165) is 12.8 Å². The SMILES string of the molecule is CC(NC(=O)C(C)(N)C1CC1)C1CCCCC1. The Morgan fingerprint density at radius 1 is 1.24 bits per heavy atom. The number of hydrogen-bond donors (Lipinski definition) is 2. The van der Waals surface area contributed by atoms with Crippen LogP contribution in [0.4, 0.5) is 0 Å². The predicted molar refractivity (Wildman–Crippen MR) is 69.5 cm³/mol. The summed E-state index contributed by atoms with van der Waals surface area (Å²) in [6.45, 7) is 4.02. The molecule has 3 nitrogen and oxygen atoms in total. The minimum absolute atomic E-state index is 0.0538. The van der Waals surface area contributed by atoms with E-state index in [4.69, 9.17) is 5.73 Å². The molecule has 17 heavy (non-hydrogen) atoms. The van der Waals surface area contributed by atoms with Crippen molar-refractivity contribution in [2.45, 2.75) is 70.4 Å². The summed E-state index contributed by atoms with van der Waals surface area (Å²) in [6, 6.07) is 0.282. The van der Waals surface area contributed by atoms with Crippen molar-refractivity contribution < 1.29 is 4.79 Å². The molecule has 2 rings (SSSR count). The van der Waals surface area contributed by atoms with Gasteiger partial charge < -0.3 is 11.1 Å². The van der Waals surface area contributed by atoms with E-state index in [1.54, 1.807) is 0 Å². The van der Waals surface area contributed by atoms with Crippen LogP contribution in [-0.2, 0) is 4.79 Å². The summed E-state index contributed by atoms with van der Waals surface area (Å²) in [5.74, 6) is 1.11. The zero-order valence-electron chi connectivity index (χ0n) is 11.2. The minimum Gasteiger partial charge on any atom is -0.352 e. The lowest BCUT2D eigenvalue weighted by Gasteiger charge is -2.31. The highest BCUT2D eigenvalue weighted by Gasteiger charge is 2.44. The Balaban J connectivity index is 1.84. The van der Waals surface area contributed by atoms with Crippen molar-refractivity contribution in [3.8, 4) is 0 Å². The smallest absolute Gasteiger partial charge is 0.240 e. The molecule has 0 aromatic heterocycles. The van der Waals surface area contributed by atoms with Gasteiger partial charge in [-0.15, -0.1) is 0 Å². The first-order valence-electron chi connectivity index (χ1n) is 7.11. The highest BCUT2D eigenvalue weighted by atomic mass is 16.2. The van der Waals surface area contributed by atoms with Gasteiger partial charge in [0.25, 0.3) is 0 Å². The third kappa shape index (κ3) is 3.01. The van der Waals surface area contributed by atoms with Crippen molar-refractivity contribution in [2.24, 2.45) is 17.6 Å². The number of carbonyl (C=O) groups excluding carboxylic acids is 1. The van der Waals surface area contributed by atoms with Gasteiger partial charge in [0.1, 0.15) is 0 Å². The zero-order valence-corrected chi connectivity index (χ0v) is 11.2. The van der Waals surface area contributed by atoms with Gasteiger partial charge in [-0.05, 0) is 51.4 Å². The second-order valence-electron chi connectivity index (χ2n) is 6.22. The zero-order chi connectivity index (χ0) is 12.5. The van der Waals surface area contributed by atoms with E-state index >= 15 is 0 Å². The average Bonchev–Trinajstić information content (AvgIpc) is 3.14. The van der Waals surface area contributed by atoms with Crippen LogP contribution in [0.1, 0.15) is 58.8 Å². The molecule has 2 saturated carbocycles. The van der Waals surface area contributed by atoms with E-state index in [2.05, 4.69) is 12.2 Å². The van der Waals surface area contributed by atoms with Gasteiger partial charge in [-0.3, -0.25) is 4.79 Å². The number of nitrogens with two attached hydrogens (primary N) is 1. The summed E-state index contributed by atoms with van der Waals surface area (Å²) in [7, 11) is 0. The molecule has 0 spiro atoms. The van der Waals surface area contributed by atoms with E-state index in [-0.39, 0.29) is 11.9 Å². The summed E-state index contributed by atoms with van der Waals surface area (Å²) < 4.78 is 0. The molecule has 2 unspecified atom stereocenters. The Bertz CT molecular complexity index is 278. The van der Waals surface area contributed by atoms with Gasteiger partial charge in [0.2, 0.25) is 5.91 Å². The number of amides is 1. The molecule has 0 heterocycles. The van der Waals surface area contributed by atoms with Crippen molar-refractivity contribution >= 4 is 5.91 Å². The molecule has 2 atom stereocenters. The molecule has 2 aliphatic rings. The van der Waals surface area contributed by atoms with Gasteiger partial charge in [0.05, 0.1) is 5.54 Å². The molecule has 1 amide bonds. The summed E-state index contributed by atoms with van der Waals surface area (Å²) in [4.78, 5) is 12.2. The summed E-state index contributed by atoms with van der Waals surface area (Å²) in [5, 5.41) is 3.15. The van der Waals surface area contributed by atoms with Crippen LogP contribution in [0.5, 0.6) is 0 Å². The monoisotopic (exact) mass is 238 g/mol. The molecular formula is C14H26N2O. The lowest BCUT2D eigenvalue weighted by Crippen LogP contribution is -2.56. The Hall–Kier alpha value is -0.570. The maximum absolute atomic E-state index is 12.2. The first-order valence-corrected chi connectivity index (χ1v) is 7.11. The molecule has 0 saturated heterocycles. The maximum Gasteiger partial charge on any atom is 0.240 e. The Morgan fingerprint density at radius 2 is 1.82 bits per heavy atom. The fourth-order valence-corrected chi connectivity index (χ4v) is 2.98. The van der Waals surface area contributed by atoms with E-state index in [0.29, 0.717) is 11.8 Å². The maximum atomic E-state index is 12.2. The third-order valence-corrected chi connectivity index (χ3v) is 4.63. The fourth-order valence-electron chi connectivity index (χ4n) is 2.98. The largest absolute Gasteiger partial charge is 0.352 e. The van der Waals surface area contributed by atoms with Gasteiger partial charge >= 0.3 is 0 Å². The molecule has 3 N–H and O–H groups in total. The number of nitrogens with one attached hydrogen (secondary N) is 1. The molecule has 2 aliphatic carbocycles. The van der Waals surface area contributed by atoms with Crippen LogP contribution in [-0.4, -0.2) is 17.5 Å². The van der Waals surface area contributed by atoms with Crippen LogP contribution < -0.4 is 11.1 Å².